The fraction of sp³-hybridized carbons (Fsp3) is 0.0952. The lowest BCUT2D eigenvalue weighted by atomic mass is 10.1. The minimum atomic E-state index is -0.114. The van der Waals surface area contributed by atoms with Gasteiger partial charge in [0, 0.05) is 28.7 Å². The normalized spacial score (nSPS) is 10.2. The SMILES string of the molecule is COc1cccc(Nc2ccc(NC(=O)c3cccc(C)c3)cc2)c1. The quantitative estimate of drug-likeness (QED) is 0.691. The number of rotatable bonds is 5. The average molecular weight is 332 g/mol. The number of methoxy groups -OCH3 is 1. The Hall–Kier alpha value is -3.27. The van der Waals surface area contributed by atoms with Gasteiger partial charge in [-0.2, -0.15) is 0 Å². The molecule has 0 saturated carbocycles. The van der Waals surface area contributed by atoms with Crippen molar-refractivity contribution in [2.24, 2.45) is 0 Å². The molecule has 0 atom stereocenters. The lowest BCUT2D eigenvalue weighted by Gasteiger charge is -2.10. The molecule has 0 bridgehead atoms. The molecule has 3 aromatic carbocycles. The van der Waals surface area contributed by atoms with E-state index in [0.717, 1.165) is 28.4 Å². The van der Waals surface area contributed by atoms with E-state index < -0.39 is 0 Å². The maximum atomic E-state index is 12.3. The van der Waals surface area contributed by atoms with Crippen molar-refractivity contribution in [2.45, 2.75) is 6.92 Å². The van der Waals surface area contributed by atoms with E-state index in [2.05, 4.69) is 10.6 Å². The first-order chi connectivity index (χ1) is 12.1. The minimum Gasteiger partial charge on any atom is -0.497 e. The van der Waals surface area contributed by atoms with Crippen molar-refractivity contribution in [3.8, 4) is 5.75 Å². The first kappa shape index (κ1) is 16.6. The van der Waals surface area contributed by atoms with Gasteiger partial charge in [0.25, 0.3) is 5.91 Å². The number of carbonyl (C=O) groups excluding carboxylic acids is 1. The molecule has 4 nitrogen and oxygen atoms in total. The van der Waals surface area contributed by atoms with Gasteiger partial charge in [0.2, 0.25) is 0 Å². The van der Waals surface area contributed by atoms with E-state index in [1.165, 1.54) is 0 Å². The second-order valence-electron chi connectivity index (χ2n) is 5.76. The van der Waals surface area contributed by atoms with Crippen LogP contribution in [0, 0.1) is 6.92 Å². The fourth-order valence-corrected chi connectivity index (χ4v) is 2.49. The summed E-state index contributed by atoms with van der Waals surface area (Å²) in [7, 11) is 1.64. The van der Waals surface area contributed by atoms with Crippen LogP contribution in [0.3, 0.4) is 0 Å². The Balaban J connectivity index is 1.66. The maximum Gasteiger partial charge on any atom is 0.255 e. The maximum absolute atomic E-state index is 12.3. The molecular formula is C21H20N2O2. The van der Waals surface area contributed by atoms with Crippen LogP contribution in [0.25, 0.3) is 0 Å². The molecular weight excluding hydrogens is 312 g/mol. The molecule has 25 heavy (non-hydrogen) atoms. The van der Waals surface area contributed by atoms with Crippen LogP contribution in [0.5, 0.6) is 5.75 Å². The molecule has 1 amide bonds. The van der Waals surface area contributed by atoms with Crippen LogP contribution >= 0.6 is 0 Å². The molecule has 126 valence electrons. The topological polar surface area (TPSA) is 50.4 Å². The third-order valence-electron chi connectivity index (χ3n) is 3.78. The predicted octanol–water partition coefficient (Wildman–Crippen LogP) is 5.00. The van der Waals surface area contributed by atoms with E-state index in [-0.39, 0.29) is 5.91 Å². The smallest absolute Gasteiger partial charge is 0.255 e. The number of aryl methyl sites for hydroxylation is 1. The largest absolute Gasteiger partial charge is 0.497 e. The fourth-order valence-electron chi connectivity index (χ4n) is 2.49. The molecule has 4 heteroatoms. The Bertz CT molecular complexity index is 873. The van der Waals surface area contributed by atoms with E-state index in [9.17, 15) is 4.79 Å². The van der Waals surface area contributed by atoms with Crippen molar-refractivity contribution in [1.82, 2.24) is 0 Å². The number of benzene rings is 3. The molecule has 2 N–H and O–H groups in total. The highest BCUT2D eigenvalue weighted by atomic mass is 16.5. The van der Waals surface area contributed by atoms with Crippen molar-refractivity contribution in [3.05, 3.63) is 83.9 Å². The molecule has 3 aromatic rings. The van der Waals surface area contributed by atoms with Crippen LogP contribution in [0.4, 0.5) is 17.1 Å². The summed E-state index contributed by atoms with van der Waals surface area (Å²) in [5.41, 5.74) is 4.34. The van der Waals surface area contributed by atoms with Crippen molar-refractivity contribution < 1.29 is 9.53 Å². The Morgan fingerprint density at radius 2 is 1.56 bits per heavy atom. The number of hydrogen-bond acceptors (Lipinski definition) is 3. The van der Waals surface area contributed by atoms with Gasteiger partial charge in [-0.25, -0.2) is 0 Å². The van der Waals surface area contributed by atoms with Gasteiger partial charge in [0.1, 0.15) is 5.75 Å². The Kier molecular flexibility index (Phi) is 5.00. The van der Waals surface area contributed by atoms with Gasteiger partial charge in [-0.3, -0.25) is 4.79 Å². The lowest BCUT2D eigenvalue weighted by Crippen LogP contribution is -2.11. The molecule has 0 aliphatic carbocycles. The summed E-state index contributed by atoms with van der Waals surface area (Å²) in [6.45, 7) is 1.97. The first-order valence-electron chi connectivity index (χ1n) is 8.03. The number of carbonyl (C=O) groups is 1. The summed E-state index contributed by atoms with van der Waals surface area (Å²) in [5, 5.41) is 6.21. The highest BCUT2D eigenvalue weighted by Crippen LogP contribution is 2.22. The van der Waals surface area contributed by atoms with Gasteiger partial charge in [-0.05, 0) is 55.5 Å². The van der Waals surface area contributed by atoms with Crippen molar-refractivity contribution in [3.63, 3.8) is 0 Å². The molecule has 0 fully saturated rings. The molecule has 3 rings (SSSR count). The zero-order valence-electron chi connectivity index (χ0n) is 14.2. The molecule has 0 heterocycles. The Morgan fingerprint density at radius 1 is 0.840 bits per heavy atom. The van der Waals surface area contributed by atoms with Crippen LogP contribution in [-0.4, -0.2) is 13.0 Å². The van der Waals surface area contributed by atoms with Gasteiger partial charge < -0.3 is 15.4 Å². The monoisotopic (exact) mass is 332 g/mol. The van der Waals surface area contributed by atoms with E-state index >= 15 is 0 Å². The Morgan fingerprint density at radius 3 is 2.28 bits per heavy atom. The van der Waals surface area contributed by atoms with Gasteiger partial charge in [-0.1, -0.05) is 23.8 Å². The second kappa shape index (κ2) is 7.53. The molecule has 0 aromatic heterocycles. The van der Waals surface area contributed by atoms with Gasteiger partial charge >= 0.3 is 0 Å². The first-order valence-corrected chi connectivity index (χ1v) is 8.03. The molecule has 0 aliphatic rings. The second-order valence-corrected chi connectivity index (χ2v) is 5.76. The highest BCUT2D eigenvalue weighted by Gasteiger charge is 2.06. The summed E-state index contributed by atoms with van der Waals surface area (Å²) in [6, 6.07) is 22.8. The summed E-state index contributed by atoms with van der Waals surface area (Å²) in [5.74, 6) is 0.684. The van der Waals surface area contributed by atoms with Gasteiger partial charge in [-0.15, -0.1) is 0 Å². The van der Waals surface area contributed by atoms with Gasteiger partial charge in [0.15, 0.2) is 0 Å². The summed E-state index contributed by atoms with van der Waals surface area (Å²) >= 11 is 0. The number of nitrogens with one attached hydrogen (secondary N) is 2. The third kappa shape index (κ3) is 4.38. The number of ether oxygens (including phenoxy) is 1. The molecule has 0 saturated heterocycles. The van der Waals surface area contributed by atoms with Gasteiger partial charge in [0.05, 0.1) is 7.11 Å². The van der Waals surface area contributed by atoms with Crippen LogP contribution in [0.15, 0.2) is 72.8 Å². The molecule has 0 spiro atoms. The summed E-state index contributed by atoms with van der Waals surface area (Å²) in [6.07, 6.45) is 0. The van der Waals surface area contributed by atoms with E-state index in [1.807, 2.05) is 73.7 Å². The van der Waals surface area contributed by atoms with E-state index in [0.29, 0.717) is 5.56 Å². The zero-order chi connectivity index (χ0) is 17.6. The van der Waals surface area contributed by atoms with Crippen LogP contribution in [0.2, 0.25) is 0 Å². The minimum absolute atomic E-state index is 0.114. The zero-order valence-corrected chi connectivity index (χ0v) is 14.2. The number of hydrogen-bond donors (Lipinski definition) is 2. The summed E-state index contributed by atoms with van der Waals surface area (Å²) in [4.78, 5) is 12.3. The standard InChI is InChI=1S/C21H20N2O2/c1-15-5-3-6-16(13-15)21(24)23-18-11-9-17(10-12-18)22-19-7-4-8-20(14-19)25-2/h3-14,22H,1-2H3,(H,23,24). The average Bonchev–Trinajstić information content (AvgIpc) is 2.63. The molecule has 0 radical (unpaired) electrons. The van der Waals surface area contributed by atoms with Crippen molar-refractivity contribution in [2.75, 3.05) is 17.7 Å². The van der Waals surface area contributed by atoms with Crippen molar-refractivity contribution >= 4 is 23.0 Å². The highest BCUT2D eigenvalue weighted by molar-refractivity contribution is 6.04. The third-order valence-corrected chi connectivity index (χ3v) is 3.78. The van der Waals surface area contributed by atoms with Crippen LogP contribution in [0.1, 0.15) is 15.9 Å². The number of anilines is 3. The van der Waals surface area contributed by atoms with E-state index in [4.69, 9.17) is 4.74 Å². The molecule has 0 aliphatic heterocycles. The van der Waals surface area contributed by atoms with Crippen LogP contribution in [-0.2, 0) is 0 Å². The van der Waals surface area contributed by atoms with Crippen LogP contribution < -0.4 is 15.4 Å². The van der Waals surface area contributed by atoms with E-state index in [1.54, 1.807) is 13.2 Å². The number of amides is 1. The molecule has 0 unspecified atom stereocenters. The Labute approximate surface area is 147 Å². The lowest BCUT2D eigenvalue weighted by molar-refractivity contribution is 0.102. The summed E-state index contributed by atoms with van der Waals surface area (Å²) < 4.78 is 5.22. The van der Waals surface area contributed by atoms with Crippen molar-refractivity contribution in [1.29, 1.82) is 0 Å². The predicted molar refractivity (Wildman–Crippen MR) is 102 cm³/mol.